The standard InChI is InChI=1S/C16H19NO2/c1-16(2,3)13-9-11-17(12-10-13)15(18)19-14-7-5-4-6-8-14/h4-13H,1-3H3. The van der Waals surface area contributed by atoms with E-state index in [4.69, 9.17) is 4.74 Å². The van der Waals surface area contributed by atoms with Crippen molar-refractivity contribution in [3.8, 4) is 5.75 Å². The number of amides is 1. The molecule has 0 spiro atoms. The fourth-order valence-corrected chi connectivity index (χ4v) is 1.83. The van der Waals surface area contributed by atoms with Crippen molar-refractivity contribution in [3.05, 3.63) is 54.9 Å². The number of benzene rings is 1. The molecular weight excluding hydrogens is 238 g/mol. The zero-order valence-electron chi connectivity index (χ0n) is 11.5. The van der Waals surface area contributed by atoms with E-state index in [0.29, 0.717) is 11.7 Å². The molecule has 0 aromatic heterocycles. The lowest BCUT2D eigenvalue weighted by Gasteiger charge is -2.29. The van der Waals surface area contributed by atoms with Crippen LogP contribution >= 0.6 is 0 Å². The molecule has 0 atom stereocenters. The molecule has 3 heteroatoms. The summed E-state index contributed by atoms with van der Waals surface area (Å²) < 4.78 is 5.26. The third-order valence-electron chi connectivity index (χ3n) is 3.07. The van der Waals surface area contributed by atoms with Crippen LogP contribution in [0.2, 0.25) is 0 Å². The van der Waals surface area contributed by atoms with Crippen molar-refractivity contribution < 1.29 is 9.53 Å². The van der Waals surface area contributed by atoms with Crippen LogP contribution in [0.4, 0.5) is 4.79 Å². The number of para-hydroxylation sites is 1. The number of nitrogens with zero attached hydrogens (tertiary/aromatic N) is 1. The maximum Gasteiger partial charge on any atom is 0.423 e. The van der Waals surface area contributed by atoms with Crippen LogP contribution in [0.5, 0.6) is 5.75 Å². The molecule has 0 bridgehead atoms. The fourth-order valence-electron chi connectivity index (χ4n) is 1.83. The number of allylic oxidation sites excluding steroid dienone is 2. The first-order valence-corrected chi connectivity index (χ1v) is 6.39. The average Bonchev–Trinajstić information content (AvgIpc) is 2.39. The van der Waals surface area contributed by atoms with E-state index in [2.05, 4.69) is 20.8 Å². The minimum Gasteiger partial charge on any atom is -0.410 e. The van der Waals surface area contributed by atoms with Crippen molar-refractivity contribution in [2.24, 2.45) is 11.3 Å². The molecule has 1 amide bonds. The quantitative estimate of drug-likeness (QED) is 0.755. The highest BCUT2D eigenvalue weighted by molar-refractivity contribution is 5.73. The molecule has 3 nitrogen and oxygen atoms in total. The van der Waals surface area contributed by atoms with Gasteiger partial charge in [-0.25, -0.2) is 4.79 Å². The third kappa shape index (κ3) is 3.47. The van der Waals surface area contributed by atoms with Gasteiger partial charge in [-0.1, -0.05) is 51.1 Å². The van der Waals surface area contributed by atoms with Gasteiger partial charge in [-0.15, -0.1) is 0 Å². The van der Waals surface area contributed by atoms with Gasteiger partial charge in [0.15, 0.2) is 0 Å². The summed E-state index contributed by atoms with van der Waals surface area (Å²) in [5, 5.41) is 0. The van der Waals surface area contributed by atoms with Crippen molar-refractivity contribution in [2.75, 3.05) is 0 Å². The molecule has 0 aliphatic carbocycles. The summed E-state index contributed by atoms with van der Waals surface area (Å²) >= 11 is 0. The lowest BCUT2D eigenvalue weighted by molar-refractivity contribution is 0.180. The monoisotopic (exact) mass is 257 g/mol. The molecule has 1 heterocycles. The molecule has 0 saturated carbocycles. The smallest absolute Gasteiger partial charge is 0.410 e. The molecule has 0 N–H and O–H groups in total. The van der Waals surface area contributed by atoms with Gasteiger partial charge in [0.2, 0.25) is 0 Å². The van der Waals surface area contributed by atoms with Gasteiger partial charge >= 0.3 is 6.09 Å². The molecule has 0 radical (unpaired) electrons. The number of carbonyl (C=O) groups excluding carboxylic acids is 1. The molecule has 2 rings (SSSR count). The van der Waals surface area contributed by atoms with Crippen LogP contribution in [0, 0.1) is 11.3 Å². The summed E-state index contributed by atoms with van der Waals surface area (Å²) in [5.74, 6) is 0.875. The van der Waals surface area contributed by atoms with Gasteiger partial charge in [-0.3, -0.25) is 4.90 Å². The normalized spacial score (nSPS) is 15.6. The number of hydrogen-bond acceptors (Lipinski definition) is 2. The zero-order chi connectivity index (χ0) is 13.9. The van der Waals surface area contributed by atoms with E-state index in [1.807, 2.05) is 30.4 Å². The molecule has 0 saturated heterocycles. The first-order chi connectivity index (χ1) is 8.97. The molecule has 0 fully saturated rings. The number of hydrogen-bond donors (Lipinski definition) is 0. The van der Waals surface area contributed by atoms with Crippen LogP contribution < -0.4 is 4.74 Å². The Morgan fingerprint density at radius 3 is 2.21 bits per heavy atom. The van der Waals surface area contributed by atoms with Gasteiger partial charge in [0, 0.05) is 18.3 Å². The van der Waals surface area contributed by atoms with Gasteiger partial charge in [0.1, 0.15) is 5.75 Å². The second kappa shape index (κ2) is 5.31. The molecule has 1 aromatic rings. The Hall–Kier alpha value is -2.03. The number of rotatable bonds is 1. The first-order valence-electron chi connectivity index (χ1n) is 6.39. The van der Waals surface area contributed by atoms with Crippen molar-refractivity contribution in [1.82, 2.24) is 4.90 Å². The van der Waals surface area contributed by atoms with Gasteiger partial charge in [0.05, 0.1) is 0 Å². The lowest BCUT2D eigenvalue weighted by atomic mass is 9.80. The van der Waals surface area contributed by atoms with E-state index in [0.717, 1.165) is 0 Å². The molecule has 1 aliphatic rings. The Morgan fingerprint density at radius 1 is 1.11 bits per heavy atom. The van der Waals surface area contributed by atoms with E-state index >= 15 is 0 Å². The second-order valence-electron chi connectivity index (χ2n) is 5.66. The Balaban J connectivity index is 1.98. The van der Waals surface area contributed by atoms with Crippen LogP contribution in [-0.4, -0.2) is 11.0 Å². The Kier molecular flexibility index (Phi) is 3.74. The van der Waals surface area contributed by atoms with E-state index < -0.39 is 6.09 Å². The minimum atomic E-state index is -0.397. The maximum atomic E-state index is 11.9. The van der Waals surface area contributed by atoms with Gasteiger partial charge in [0.25, 0.3) is 0 Å². The second-order valence-corrected chi connectivity index (χ2v) is 5.66. The van der Waals surface area contributed by atoms with E-state index in [1.54, 1.807) is 24.5 Å². The van der Waals surface area contributed by atoms with Crippen LogP contribution in [0.3, 0.4) is 0 Å². The molecule has 0 unspecified atom stereocenters. The molecule has 1 aliphatic heterocycles. The highest BCUT2D eigenvalue weighted by Crippen LogP contribution is 2.30. The van der Waals surface area contributed by atoms with Crippen molar-refractivity contribution in [3.63, 3.8) is 0 Å². The summed E-state index contributed by atoms with van der Waals surface area (Å²) in [6, 6.07) is 9.06. The van der Waals surface area contributed by atoms with E-state index in [9.17, 15) is 4.79 Å². The van der Waals surface area contributed by atoms with E-state index in [-0.39, 0.29) is 5.41 Å². The van der Waals surface area contributed by atoms with Gasteiger partial charge in [-0.05, 0) is 17.5 Å². The van der Waals surface area contributed by atoms with Crippen molar-refractivity contribution in [1.29, 1.82) is 0 Å². The Bertz CT molecular complexity index is 483. The SMILES string of the molecule is CC(C)(C)C1C=CN(C(=O)Oc2ccccc2)C=C1. The molecule has 1 aromatic carbocycles. The van der Waals surface area contributed by atoms with Crippen molar-refractivity contribution in [2.45, 2.75) is 20.8 Å². The highest BCUT2D eigenvalue weighted by Gasteiger charge is 2.23. The molecule has 19 heavy (non-hydrogen) atoms. The predicted molar refractivity (Wildman–Crippen MR) is 75.5 cm³/mol. The lowest BCUT2D eigenvalue weighted by Crippen LogP contribution is -2.28. The third-order valence-corrected chi connectivity index (χ3v) is 3.07. The molecular formula is C16H19NO2. The zero-order valence-corrected chi connectivity index (χ0v) is 11.5. The predicted octanol–water partition coefficient (Wildman–Crippen LogP) is 4.19. The minimum absolute atomic E-state index is 0.155. The van der Waals surface area contributed by atoms with Gasteiger partial charge in [-0.2, -0.15) is 0 Å². The Morgan fingerprint density at radius 2 is 1.68 bits per heavy atom. The summed E-state index contributed by atoms with van der Waals surface area (Å²) in [7, 11) is 0. The summed E-state index contributed by atoms with van der Waals surface area (Å²) in [4.78, 5) is 13.4. The van der Waals surface area contributed by atoms with E-state index in [1.165, 1.54) is 4.90 Å². The Labute approximate surface area is 114 Å². The first kappa shape index (κ1) is 13.4. The maximum absolute atomic E-state index is 11.9. The largest absolute Gasteiger partial charge is 0.423 e. The fraction of sp³-hybridized carbons (Fsp3) is 0.312. The van der Waals surface area contributed by atoms with Crippen LogP contribution in [-0.2, 0) is 0 Å². The van der Waals surface area contributed by atoms with Crippen molar-refractivity contribution >= 4 is 6.09 Å². The molecule has 100 valence electrons. The topological polar surface area (TPSA) is 29.5 Å². The summed E-state index contributed by atoms with van der Waals surface area (Å²) in [6.45, 7) is 6.51. The number of carbonyl (C=O) groups is 1. The highest BCUT2D eigenvalue weighted by atomic mass is 16.6. The average molecular weight is 257 g/mol. The van der Waals surface area contributed by atoms with Crippen LogP contribution in [0.1, 0.15) is 20.8 Å². The van der Waals surface area contributed by atoms with Crippen LogP contribution in [0.25, 0.3) is 0 Å². The summed E-state index contributed by atoms with van der Waals surface area (Å²) in [5.41, 5.74) is 0.155. The summed E-state index contributed by atoms with van der Waals surface area (Å²) in [6.07, 6.45) is 7.17. The van der Waals surface area contributed by atoms with Crippen LogP contribution in [0.15, 0.2) is 54.9 Å². The van der Waals surface area contributed by atoms with Gasteiger partial charge < -0.3 is 4.74 Å². The number of ether oxygens (including phenoxy) is 1.